The van der Waals surface area contributed by atoms with Gasteiger partial charge in [-0.2, -0.15) is 5.48 Å². The lowest BCUT2D eigenvalue weighted by Crippen LogP contribution is -2.45. The number of benzene rings is 1. The van der Waals surface area contributed by atoms with Gasteiger partial charge >= 0.3 is 0 Å². The molecule has 0 radical (unpaired) electrons. The zero-order chi connectivity index (χ0) is 8.93. The van der Waals surface area contributed by atoms with Crippen molar-refractivity contribution in [3.05, 3.63) is 35.9 Å². The van der Waals surface area contributed by atoms with E-state index in [0.717, 1.165) is 13.2 Å². The number of hydrogen-bond acceptors (Lipinski definition) is 3. The number of rotatable bonds is 4. The van der Waals surface area contributed by atoms with E-state index in [1.807, 2.05) is 30.3 Å². The normalized spacial score (nSPS) is 16.9. The first-order valence-corrected chi connectivity index (χ1v) is 4.44. The topological polar surface area (TPSA) is 30.5 Å². The van der Waals surface area contributed by atoms with Gasteiger partial charge in [-0.15, -0.1) is 0 Å². The third-order valence-corrected chi connectivity index (χ3v) is 1.97. The van der Waals surface area contributed by atoms with Crippen molar-refractivity contribution in [2.75, 3.05) is 13.2 Å². The van der Waals surface area contributed by atoms with Gasteiger partial charge in [0.25, 0.3) is 0 Å². The smallest absolute Gasteiger partial charge is 0.0933 e. The summed E-state index contributed by atoms with van der Waals surface area (Å²) >= 11 is 0. The minimum absolute atomic E-state index is 0.378. The van der Waals surface area contributed by atoms with Crippen LogP contribution < -0.4 is 5.48 Å². The van der Waals surface area contributed by atoms with Crippen LogP contribution in [0.25, 0.3) is 0 Å². The van der Waals surface area contributed by atoms with Gasteiger partial charge in [0.05, 0.1) is 25.9 Å². The lowest BCUT2D eigenvalue weighted by molar-refractivity contribution is -0.0941. The molecule has 1 heterocycles. The molecule has 0 atom stereocenters. The molecule has 1 saturated heterocycles. The van der Waals surface area contributed by atoms with E-state index in [9.17, 15) is 0 Å². The van der Waals surface area contributed by atoms with Crippen LogP contribution in [-0.2, 0) is 16.2 Å². The molecular formula is C10H13NO2. The van der Waals surface area contributed by atoms with Gasteiger partial charge in [0.1, 0.15) is 0 Å². The first-order valence-electron chi connectivity index (χ1n) is 4.44. The minimum Gasteiger partial charge on any atom is -0.378 e. The van der Waals surface area contributed by atoms with Crippen molar-refractivity contribution in [2.24, 2.45) is 0 Å². The molecule has 1 aliphatic heterocycles. The van der Waals surface area contributed by atoms with Crippen molar-refractivity contribution < 1.29 is 9.57 Å². The highest BCUT2D eigenvalue weighted by atomic mass is 16.7. The maximum atomic E-state index is 5.29. The Kier molecular flexibility index (Phi) is 2.92. The van der Waals surface area contributed by atoms with Crippen LogP contribution in [-0.4, -0.2) is 19.3 Å². The minimum atomic E-state index is 0.378. The zero-order valence-corrected chi connectivity index (χ0v) is 7.40. The SMILES string of the molecule is c1ccc(CONC2COC2)cc1. The highest BCUT2D eigenvalue weighted by Crippen LogP contribution is 2.02. The quantitative estimate of drug-likeness (QED) is 0.702. The fourth-order valence-corrected chi connectivity index (χ4v) is 1.12. The average Bonchev–Trinajstić information content (AvgIpc) is 2.11. The Morgan fingerprint density at radius 2 is 2.08 bits per heavy atom. The van der Waals surface area contributed by atoms with Crippen LogP contribution in [0.15, 0.2) is 30.3 Å². The van der Waals surface area contributed by atoms with E-state index in [2.05, 4.69) is 5.48 Å². The fourth-order valence-electron chi connectivity index (χ4n) is 1.12. The molecule has 13 heavy (non-hydrogen) atoms. The Hall–Kier alpha value is -0.900. The summed E-state index contributed by atoms with van der Waals surface area (Å²) in [7, 11) is 0. The molecule has 1 N–H and O–H groups in total. The standard InChI is InChI=1S/C10H13NO2/c1-2-4-9(5-3-1)6-13-11-10-7-12-8-10/h1-5,10-11H,6-8H2. The lowest BCUT2D eigenvalue weighted by Gasteiger charge is -2.26. The number of hydroxylamine groups is 1. The second-order valence-corrected chi connectivity index (χ2v) is 3.13. The van der Waals surface area contributed by atoms with Gasteiger partial charge < -0.3 is 4.74 Å². The largest absolute Gasteiger partial charge is 0.378 e. The molecule has 1 aromatic carbocycles. The van der Waals surface area contributed by atoms with E-state index in [1.54, 1.807) is 0 Å². The van der Waals surface area contributed by atoms with E-state index in [0.29, 0.717) is 12.6 Å². The fraction of sp³-hybridized carbons (Fsp3) is 0.400. The Bertz CT molecular complexity index is 246. The number of hydrogen-bond donors (Lipinski definition) is 1. The second kappa shape index (κ2) is 4.37. The van der Waals surface area contributed by atoms with Crippen molar-refractivity contribution >= 4 is 0 Å². The molecule has 3 heteroatoms. The van der Waals surface area contributed by atoms with Crippen molar-refractivity contribution in [3.8, 4) is 0 Å². The maximum Gasteiger partial charge on any atom is 0.0933 e. The van der Waals surface area contributed by atoms with E-state index in [-0.39, 0.29) is 0 Å². The monoisotopic (exact) mass is 179 g/mol. The Morgan fingerprint density at radius 3 is 2.69 bits per heavy atom. The molecular weight excluding hydrogens is 166 g/mol. The van der Waals surface area contributed by atoms with Crippen LogP contribution in [0, 0.1) is 0 Å². The maximum absolute atomic E-state index is 5.29. The molecule has 0 saturated carbocycles. The highest BCUT2D eigenvalue weighted by Gasteiger charge is 2.17. The van der Waals surface area contributed by atoms with Crippen LogP contribution in [0.4, 0.5) is 0 Å². The van der Waals surface area contributed by atoms with Gasteiger partial charge in [0.2, 0.25) is 0 Å². The first-order chi connectivity index (χ1) is 6.45. The molecule has 1 fully saturated rings. The molecule has 0 bridgehead atoms. The van der Waals surface area contributed by atoms with Crippen molar-refractivity contribution in [1.82, 2.24) is 5.48 Å². The van der Waals surface area contributed by atoms with Crippen LogP contribution in [0.3, 0.4) is 0 Å². The number of ether oxygens (including phenoxy) is 1. The van der Waals surface area contributed by atoms with Crippen LogP contribution >= 0.6 is 0 Å². The van der Waals surface area contributed by atoms with Gasteiger partial charge in [-0.3, -0.25) is 4.84 Å². The molecule has 0 aromatic heterocycles. The summed E-state index contributed by atoms with van der Waals surface area (Å²) in [5.74, 6) is 0. The van der Waals surface area contributed by atoms with Crippen molar-refractivity contribution in [3.63, 3.8) is 0 Å². The summed E-state index contributed by atoms with van der Waals surface area (Å²) in [4.78, 5) is 5.29. The van der Waals surface area contributed by atoms with Gasteiger partial charge in [-0.25, -0.2) is 0 Å². The van der Waals surface area contributed by atoms with E-state index >= 15 is 0 Å². The molecule has 1 aliphatic rings. The first kappa shape index (κ1) is 8.69. The molecule has 0 spiro atoms. The van der Waals surface area contributed by atoms with Gasteiger partial charge in [-0.1, -0.05) is 30.3 Å². The predicted octanol–water partition coefficient (Wildman–Crippen LogP) is 1.11. The van der Waals surface area contributed by atoms with Crippen LogP contribution in [0.2, 0.25) is 0 Å². The summed E-state index contributed by atoms with van der Waals surface area (Å²) in [6.45, 7) is 2.13. The summed E-state index contributed by atoms with van der Waals surface area (Å²) in [5, 5.41) is 0. The Balaban J connectivity index is 1.67. The highest BCUT2D eigenvalue weighted by molar-refractivity contribution is 5.13. The molecule has 1 aromatic rings. The van der Waals surface area contributed by atoms with Crippen LogP contribution in [0.5, 0.6) is 0 Å². The predicted molar refractivity (Wildman–Crippen MR) is 49.0 cm³/mol. The summed E-state index contributed by atoms with van der Waals surface area (Å²) in [5.41, 5.74) is 4.12. The van der Waals surface area contributed by atoms with Crippen molar-refractivity contribution in [1.29, 1.82) is 0 Å². The molecule has 0 unspecified atom stereocenters. The second-order valence-electron chi connectivity index (χ2n) is 3.13. The van der Waals surface area contributed by atoms with Gasteiger partial charge in [-0.05, 0) is 5.56 Å². The molecule has 2 rings (SSSR count). The third kappa shape index (κ3) is 2.52. The average molecular weight is 179 g/mol. The summed E-state index contributed by atoms with van der Waals surface area (Å²) in [6.07, 6.45) is 0. The van der Waals surface area contributed by atoms with Crippen LogP contribution in [0.1, 0.15) is 5.56 Å². The lowest BCUT2D eigenvalue weighted by atomic mass is 10.2. The molecule has 0 aliphatic carbocycles. The van der Waals surface area contributed by atoms with Gasteiger partial charge in [0, 0.05) is 0 Å². The Labute approximate surface area is 77.6 Å². The summed E-state index contributed by atoms with van der Waals surface area (Å²) < 4.78 is 5.00. The van der Waals surface area contributed by atoms with Crippen molar-refractivity contribution in [2.45, 2.75) is 12.6 Å². The zero-order valence-electron chi connectivity index (χ0n) is 7.40. The third-order valence-electron chi connectivity index (χ3n) is 1.97. The number of nitrogens with one attached hydrogen (secondary N) is 1. The van der Waals surface area contributed by atoms with E-state index in [1.165, 1.54) is 5.56 Å². The molecule has 3 nitrogen and oxygen atoms in total. The van der Waals surface area contributed by atoms with E-state index in [4.69, 9.17) is 9.57 Å². The van der Waals surface area contributed by atoms with E-state index < -0.39 is 0 Å². The molecule has 0 amide bonds. The molecule has 70 valence electrons. The summed E-state index contributed by atoms with van der Waals surface area (Å²) in [6, 6.07) is 10.5. The van der Waals surface area contributed by atoms with Gasteiger partial charge in [0.15, 0.2) is 0 Å². The Morgan fingerprint density at radius 1 is 1.31 bits per heavy atom.